The third kappa shape index (κ3) is 3.95. The molecule has 0 aliphatic carbocycles. The third-order valence-electron chi connectivity index (χ3n) is 2.73. The van der Waals surface area contributed by atoms with Crippen LogP contribution in [0.15, 0.2) is 0 Å². The van der Waals surface area contributed by atoms with E-state index in [-0.39, 0.29) is 5.60 Å². The molecular weight excluding hydrogens is 176 g/mol. The summed E-state index contributed by atoms with van der Waals surface area (Å²) in [6.45, 7) is 11.5. The second-order valence-electron chi connectivity index (χ2n) is 5.03. The van der Waals surface area contributed by atoms with Gasteiger partial charge in [0.1, 0.15) is 0 Å². The van der Waals surface area contributed by atoms with Gasteiger partial charge in [0.05, 0.1) is 12.2 Å². The maximum absolute atomic E-state index is 5.67. The molecule has 1 saturated heterocycles. The molecule has 0 aromatic carbocycles. The molecule has 0 radical (unpaired) electrons. The smallest absolute Gasteiger partial charge is 0.0753 e. The van der Waals surface area contributed by atoms with Crippen LogP contribution >= 0.6 is 0 Å². The van der Waals surface area contributed by atoms with Gasteiger partial charge in [0.2, 0.25) is 0 Å². The molecule has 1 aliphatic heterocycles. The van der Waals surface area contributed by atoms with Crippen molar-refractivity contribution in [2.45, 2.75) is 32.8 Å². The number of nitrogens with two attached hydrogens (primary N) is 1. The van der Waals surface area contributed by atoms with Gasteiger partial charge in [0.15, 0.2) is 0 Å². The first kappa shape index (κ1) is 12.0. The minimum absolute atomic E-state index is 0.0285. The van der Waals surface area contributed by atoms with E-state index in [0.717, 1.165) is 39.2 Å². The van der Waals surface area contributed by atoms with E-state index in [1.807, 2.05) is 0 Å². The Balaban J connectivity index is 2.30. The number of rotatable bonds is 4. The maximum Gasteiger partial charge on any atom is 0.0753 e. The second-order valence-corrected chi connectivity index (χ2v) is 5.03. The molecule has 0 bridgehead atoms. The average Bonchev–Trinajstić information content (AvgIpc) is 2.02. The molecule has 1 fully saturated rings. The molecule has 0 aromatic rings. The molecule has 1 aliphatic rings. The van der Waals surface area contributed by atoms with E-state index in [1.165, 1.54) is 0 Å². The molecule has 14 heavy (non-hydrogen) atoms. The van der Waals surface area contributed by atoms with E-state index in [2.05, 4.69) is 25.7 Å². The maximum atomic E-state index is 5.67. The van der Waals surface area contributed by atoms with Gasteiger partial charge in [-0.15, -0.1) is 0 Å². The second kappa shape index (κ2) is 5.10. The van der Waals surface area contributed by atoms with Crippen LogP contribution in [0.4, 0.5) is 0 Å². The fraction of sp³-hybridized carbons (Fsp3) is 1.00. The Bertz CT molecular complexity index is 171. The highest BCUT2D eigenvalue weighted by Gasteiger charge is 2.27. The predicted molar refractivity (Wildman–Crippen MR) is 59.3 cm³/mol. The molecule has 3 heteroatoms. The van der Waals surface area contributed by atoms with Crippen LogP contribution in [0.3, 0.4) is 0 Å². The number of morpholine rings is 1. The number of hydrogen-bond donors (Lipinski definition) is 1. The van der Waals surface area contributed by atoms with Gasteiger partial charge in [0, 0.05) is 19.6 Å². The van der Waals surface area contributed by atoms with Crippen molar-refractivity contribution in [1.82, 2.24) is 4.90 Å². The van der Waals surface area contributed by atoms with Gasteiger partial charge >= 0.3 is 0 Å². The SMILES string of the molecule is CC(CCN)CN1CCOC(C)(C)C1. The summed E-state index contributed by atoms with van der Waals surface area (Å²) < 4.78 is 5.67. The van der Waals surface area contributed by atoms with E-state index in [4.69, 9.17) is 10.5 Å². The Morgan fingerprint density at radius 2 is 2.21 bits per heavy atom. The van der Waals surface area contributed by atoms with Gasteiger partial charge < -0.3 is 10.5 Å². The van der Waals surface area contributed by atoms with Crippen LogP contribution in [0.1, 0.15) is 27.2 Å². The highest BCUT2D eigenvalue weighted by atomic mass is 16.5. The lowest BCUT2D eigenvalue weighted by atomic mass is 10.0. The number of nitrogens with zero attached hydrogens (tertiary/aromatic N) is 1. The minimum atomic E-state index is 0.0285. The molecule has 0 saturated carbocycles. The molecule has 1 atom stereocenters. The van der Waals surface area contributed by atoms with E-state index >= 15 is 0 Å². The molecule has 1 heterocycles. The Labute approximate surface area is 87.6 Å². The Hall–Kier alpha value is -0.120. The fourth-order valence-corrected chi connectivity index (χ4v) is 2.09. The van der Waals surface area contributed by atoms with E-state index in [1.54, 1.807) is 0 Å². The summed E-state index contributed by atoms with van der Waals surface area (Å²) in [6.07, 6.45) is 1.12. The molecule has 2 N–H and O–H groups in total. The molecular formula is C11H24N2O. The zero-order valence-electron chi connectivity index (χ0n) is 9.75. The average molecular weight is 200 g/mol. The Morgan fingerprint density at radius 1 is 1.50 bits per heavy atom. The van der Waals surface area contributed by atoms with Crippen LogP contribution in [0.25, 0.3) is 0 Å². The zero-order chi connectivity index (χ0) is 10.6. The predicted octanol–water partition coefficient (Wildman–Crippen LogP) is 1.08. The summed E-state index contributed by atoms with van der Waals surface area (Å²) in [6, 6.07) is 0. The lowest BCUT2D eigenvalue weighted by Gasteiger charge is -2.39. The number of hydrogen-bond acceptors (Lipinski definition) is 3. The van der Waals surface area contributed by atoms with Crippen molar-refractivity contribution in [1.29, 1.82) is 0 Å². The van der Waals surface area contributed by atoms with Crippen LogP contribution < -0.4 is 5.73 Å². The molecule has 0 amide bonds. The fourth-order valence-electron chi connectivity index (χ4n) is 2.09. The molecule has 0 spiro atoms. The number of ether oxygens (including phenoxy) is 1. The van der Waals surface area contributed by atoms with Crippen LogP contribution in [0.5, 0.6) is 0 Å². The Morgan fingerprint density at radius 3 is 2.79 bits per heavy atom. The lowest BCUT2D eigenvalue weighted by Crippen LogP contribution is -2.49. The first-order chi connectivity index (χ1) is 6.53. The standard InChI is InChI=1S/C11H24N2O/c1-10(4-5-12)8-13-6-7-14-11(2,3)9-13/h10H,4-9,12H2,1-3H3. The van der Waals surface area contributed by atoms with Gasteiger partial charge in [-0.3, -0.25) is 4.90 Å². The first-order valence-corrected chi connectivity index (χ1v) is 5.60. The summed E-state index contributed by atoms with van der Waals surface area (Å²) in [5.74, 6) is 0.703. The summed E-state index contributed by atoms with van der Waals surface area (Å²) in [7, 11) is 0. The van der Waals surface area contributed by atoms with Crippen molar-refractivity contribution in [2.75, 3.05) is 32.8 Å². The summed E-state index contributed by atoms with van der Waals surface area (Å²) >= 11 is 0. The van der Waals surface area contributed by atoms with Crippen LogP contribution in [0, 0.1) is 5.92 Å². The molecule has 1 rings (SSSR count). The van der Waals surface area contributed by atoms with Crippen molar-refractivity contribution in [3.63, 3.8) is 0 Å². The Kier molecular flexibility index (Phi) is 4.35. The summed E-state index contributed by atoms with van der Waals surface area (Å²) in [5, 5.41) is 0. The summed E-state index contributed by atoms with van der Waals surface area (Å²) in [5.41, 5.74) is 5.57. The van der Waals surface area contributed by atoms with Crippen LogP contribution in [0.2, 0.25) is 0 Å². The van der Waals surface area contributed by atoms with Crippen molar-refractivity contribution in [3.8, 4) is 0 Å². The highest BCUT2D eigenvalue weighted by Crippen LogP contribution is 2.17. The molecule has 0 aromatic heterocycles. The van der Waals surface area contributed by atoms with Crippen LogP contribution in [-0.2, 0) is 4.74 Å². The van der Waals surface area contributed by atoms with Crippen molar-refractivity contribution < 1.29 is 4.74 Å². The first-order valence-electron chi connectivity index (χ1n) is 5.60. The van der Waals surface area contributed by atoms with Gasteiger partial charge in [-0.05, 0) is 32.7 Å². The zero-order valence-corrected chi connectivity index (χ0v) is 9.75. The van der Waals surface area contributed by atoms with Crippen molar-refractivity contribution >= 4 is 0 Å². The third-order valence-corrected chi connectivity index (χ3v) is 2.73. The monoisotopic (exact) mass is 200 g/mol. The van der Waals surface area contributed by atoms with Crippen molar-refractivity contribution in [3.05, 3.63) is 0 Å². The molecule has 3 nitrogen and oxygen atoms in total. The van der Waals surface area contributed by atoms with Crippen molar-refractivity contribution in [2.24, 2.45) is 11.7 Å². The normalized spacial score (nSPS) is 24.9. The summed E-state index contributed by atoms with van der Waals surface area (Å²) in [4.78, 5) is 2.49. The topological polar surface area (TPSA) is 38.5 Å². The molecule has 1 unspecified atom stereocenters. The van der Waals surface area contributed by atoms with Gasteiger partial charge in [-0.1, -0.05) is 6.92 Å². The lowest BCUT2D eigenvalue weighted by molar-refractivity contribution is -0.0886. The van der Waals surface area contributed by atoms with E-state index in [9.17, 15) is 0 Å². The van der Waals surface area contributed by atoms with Crippen LogP contribution in [-0.4, -0.2) is 43.3 Å². The van der Waals surface area contributed by atoms with E-state index in [0.29, 0.717) is 5.92 Å². The molecule has 84 valence electrons. The largest absolute Gasteiger partial charge is 0.373 e. The van der Waals surface area contributed by atoms with Gasteiger partial charge in [-0.25, -0.2) is 0 Å². The van der Waals surface area contributed by atoms with Gasteiger partial charge in [-0.2, -0.15) is 0 Å². The quantitative estimate of drug-likeness (QED) is 0.738. The highest BCUT2D eigenvalue weighted by molar-refractivity contribution is 4.79. The minimum Gasteiger partial charge on any atom is -0.373 e. The van der Waals surface area contributed by atoms with E-state index < -0.39 is 0 Å². The van der Waals surface area contributed by atoms with Gasteiger partial charge in [0.25, 0.3) is 0 Å².